The van der Waals surface area contributed by atoms with E-state index in [0.29, 0.717) is 11.5 Å². The molecule has 4 nitrogen and oxygen atoms in total. The van der Waals surface area contributed by atoms with E-state index in [0.717, 1.165) is 11.4 Å². The van der Waals surface area contributed by atoms with Crippen molar-refractivity contribution in [3.8, 4) is 0 Å². The van der Waals surface area contributed by atoms with E-state index >= 15 is 0 Å². The van der Waals surface area contributed by atoms with E-state index in [9.17, 15) is 9.59 Å². The first-order valence-corrected chi connectivity index (χ1v) is 9.96. The molecule has 2 aromatic rings. The Morgan fingerprint density at radius 1 is 0.708 bits per heavy atom. The van der Waals surface area contributed by atoms with Gasteiger partial charge in [-0.2, -0.15) is 0 Å². The van der Waals surface area contributed by atoms with E-state index in [1.54, 1.807) is 23.9 Å². The quantitative estimate of drug-likeness (QED) is 0.558. The van der Waals surface area contributed by atoms with Crippen LogP contribution < -0.4 is 9.80 Å². The Bertz CT molecular complexity index is 606. The van der Waals surface area contributed by atoms with E-state index in [2.05, 4.69) is 0 Å². The van der Waals surface area contributed by atoms with Crippen molar-refractivity contribution in [1.82, 2.24) is 0 Å². The number of hydrogen-bond acceptors (Lipinski definition) is 4. The van der Waals surface area contributed by atoms with Gasteiger partial charge in [-0.3, -0.25) is 9.59 Å². The molecule has 0 bridgehead atoms. The molecule has 0 aliphatic heterocycles. The van der Waals surface area contributed by atoms with E-state index in [1.807, 2.05) is 60.7 Å². The maximum Gasteiger partial charge on any atom is 0.237 e. The van der Waals surface area contributed by atoms with Gasteiger partial charge >= 0.3 is 0 Å². The lowest BCUT2D eigenvalue weighted by Crippen LogP contribution is -2.28. The van der Waals surface area contributed by atoms with Crippen LogP contribution in [0.4, 0.5) is 11.4 Å². The first-order valence-electron chi connectivity index (χ1n) is 7.47. The molecular formula is C18H20N2O2S2. The Hall–Kier alpha value is -1.92. The van der Waals surface area contributed by atoms with Gasteiger partial charge in [-0.1, -0.05) is 58.0 Å². The average molecular weight is 361 g/mol. The van der Waals surface area contributed by atoms with Gasteiger partial charge in [0.25, 0.3) is 0 Å². The second-order valence-electron chi connectivity index (χ2n) is 5.10. The number of rotatable bonds is 7. The summed E-state index contributed by atoms with van der Waals surface area (Å²) in [7, 11) is 6.33. The van der Waals surface area contributed by atoms with Crippen LogP contribution in [0, 0.1) is 0 Å². The smallest absolute Gasteiger partial charge is 0.237 e. The minimum absolute atomic E-state index is 0.0163. The third-order valence-corrected chi connectivity index (χ3v) is 5.59. The lowest BCUT2D eigenvalue weighted by atomic mass is 10.3. The molecule has 0 unspecified atom stereocenters. The zero-order valence-corrected chi connectivity index (χ0v) is 15.3. The standard InChI is InChI=1S/C18H20N2O2S2/c1-19(15-9-5-3-6-10-15)17(21)13-23-24-14-18(22)20(2)16-11-7-4-8-12-16/h3-12H,13-14H2,1-2H3. The molecule has 2 amide bonds. The fourth-order valence-electron chi connectivity index (χ4n) is 1.97. The summed E-state index contributed by atoms with van der Waals surface area (Å²) >= 11 is 0. The molecule has 0 aliphatic rings. The van der Waals surface area contributed by atoms with Gasteiger partial charge in [-0.15, -0.1) is 0 Å². The number of hydrogen-bond donors (Lipinski definition) is 0. The van der Waals surface area contributed by atoms with Crippen LogP contribution in [-0.2, 0) is 9.59 Å². The lowest BCUT2D eigenvalue weighted by Gasteiger charge is -2.18. The lowest BCUT2D eigenvalue weighted by molar-refractivity contribution is -0.116. The molecule has 0 saturated carbocycles. The van der Waals surface area contributed by atoms with Gasteiger partial charge in [-0.05, 0) is 24.3 Å². The molecule has 2 rings (SSSR count). The molecule has 0 heterocycles. The summed E-state index contributed by atoms with van der Waals surface area (Å²) < 4.78 is 0. The van der Waals surface area contributed by atoms with E-state index in [1.165, 1.54) is 21.6 Å². The fraction of sp³-hybridized carbons (Fsp3) is 0.222. The number of nitrogens with zero attached hydrogens (tertiary/aromatic N) is 2. The monoisotopic (exact) mass is 360 g/mol. The van der Waals surface area contributed by atoms with Gasteiger partial charge in [0.2, 0.25) is 11.8 Å². The molecule has 0 atom stereocenters. The molecule has 0 N–H and O–H groups in total. The molecule has 0 radical (unpaired) electrons. The second kappa shape index (κ2) is 9.39. The van der Waals surface area contributed by atoms with Crippen LogP contribution in [0.5, 0.6) is 0 Å². The zero-order chi connectivity index (χ0) is 17.4. The van der Waals surface area contributed by atoms with Gasteiger partial charge < -0.3 is 9.80 Å². The van der Waals surface area contributed by atoms with E-state index < -0.39 is 0 Å². The predicted octanol–water partition coefficient (Wildman–Crippen LogP) is 3.69. The van der Waals surface area contributed by atoms with Crippen molar-refractivity contribution < 1.29 is 9.59 Å². The topological polar surface area (TPSA) is 40.6 Å². The summed E-state index contributed by atoms with van der Waals surface area (Å²) in [6, 6.07) is 19.0. The van der Waals surface area contributed by atoms with Crippen molar-refractivity contribution in [3.05, 3.63) is 60.7 Å². The largest absolute Gasteiger partial charge is 0.315 e. The summed E-state index contributed by atoms with van der Waals surface area (Å²) in [5.74, 6) is 0.696. The van der Waals surface area contributed by atoms with Crippen LogP contribution in [-0.4, -0.2) is 37.4 Å². The third kappa shape index (κ3) is 5.32. The summed E-state index contributed by atoms with van der Waals surface area (Å²) in [5.41, 5.74) is 1.74. The summed E-state index contributed by atoms with van der Waals surface area (Å²) in [5, 5.41) is 0. The maximum atomic E-state index is 12.1. The van der Waals surface area contributed by atoms with Crippen molar-refractivity contribution in [1.29, 1.82) is 0 Å². The Kier molecular flexibility index (Phi) is 7.21. The molecule has 2 aromatic carbocycles. The highest BCUT2D eigenvalue weighted by Gasteiger charge is 2.13. The Balaban J connectivity index is 1.72. The minimum atomic E-state index is 0.0163. The van der Waals surface area contributed by atoms with Crippen LogP contribution in [0.15, 0.2) is 60.7 Å². The van der Waals surface area contributed by atoms with Crippen molar-refractivity contribution >= 4 is 44.8 Å². The third-order valence-electron chi connectivity index (χ3n) is 3.48. The highest BCUT2D eigenvalue weighted by Crippen LogP contribution is 2.24. The van der Waals surface area contributed by atoms with Crippen LogP contribution in [0.25, 0.3) is 0 Å². The molecular weight excluding hydrogens is 340 g/mol. The Morgan fingerprint density at radius 2 is 1.04 bits per heavy atom. The van der Waals surface area contributed by atoms with Gasteiger partial charge in [0.1, 0.15) is 0 Å². The SMILES string of the molecule is CN(C(=O)CSSCC(=O)N(C)c1ccccc1)c1ccccc1. The van der Waals surface area contributed by atoms with E-state index in [-0.39, 0.29) is 11.8 Å². The van der Waals surface area contributed by atoms with Crippen LogP contribution >= 0.6 is 21.6 Å². The summed E-state index contributed by atoms with van der Waals surface area (Å²) in [6.45, 7) is 0. The minimum Gasteiger partial charge on any atom is -0.315 e. The number of carbonyl (C=O) groups excluding carboxylic acids is 2. The number of carbonyl (C=O) groups is 2. The molecule has 126 valence electrons. The highest BCUT2D eigenvalue weighted by atomic mass is 33.1. The molecule has 0 spiro atoms. The first kappa shape index (κ1) is 18.4. The summed E-state index contributed by atoms with van der Waals surface area (Å²) in [4.78, 5) is 27.5. The first-order chi connectivity index (χ1) is 11.6. The number of para-hydroxylation sites is 2. The molecule has 0 saturated heterocycles. The second-order valence-corrected chi connectivity index (χ2v) is 7.56. The van der Waals surface area contributed by atoms with Crippen LogP contribution in [0.2, 0.25) is 0 Å². The Labute approximate surface area is 150 Å². The summed E-state index contributed by atoms with van der Waals surface area (Å²) in [6.07, 6.45) is 0. The average Bonchev–Trinajstić information content (AvgIpc) is 2.65. The zero-order valence-electron chi connectivity index (χ0n) is 13.7. The van der Waals surface area contributed by atoms with Gasteiger partial charge in [0.15, 0.2) is 0 Å². The number of benzene rings is 2. The fourth-order valence-corrected chi connectivity index (χ4v) is 3.83. The van der Waals surface area contributed by atoms with Crippen molar-refractivity contribution in [2.45, 2.75) is 0 Å². The molecule has 6 heteroatoms. The van der Waals surface area contributed by atoms with E-state index in [4.69, 9.17) is 0 Å². The molecule has 0 aliphatic carbocycles. The van der Waals surface area contributed by atoms with Crippen molar-refractivity contribution in [2.24, 2.45) is 0 Å². The predicted molar refractivity (Wildman–Crippen MR) is 105 cm³/mol. The molecule has 0 aromatic heterocycles. The maximum absolute atomic E-state index is 12.1. The number of amides is 2. The van der Waals surface area contributed by atoms with Gasteiger partial charge in [-0.25, -0.2) is 0 Å². The van der Waals surface area contributed by atoms with Crippen molar-refractivity contribution in [3.63, 3.8) is 0 Å². The van der Waals surface area contributed by atoms with Crippen LogP contribution in [0.1, 0.15) is 0 Å². The Morgan fingerprint density at radius 3 is 1.38 bits per heavy atom. The van der Waals surface area contributed by atoms with Crippen LogP contribution in [0.3, 0.4) is 0 Å². The highest BCUT2D eigenvalue weighted by molar-refractivity contribution is 8.77. The van der Waals surface area contributed by atoms with Gasteiger partial charge in [0.05, 0.1) is 11.5 Å². The molecule has 24 heavy (non-hydrogen) atoms. The molecule has 0 fully saturated rings. The van der Waals surface area contributed by atoms with Gasteiger partial charge in [0, 0.05) is 25.5 Å². The number of anilines is 2. The van der Waals surface area contributed by atoms with Crippen molar-refractivity contribution in [2.75, 3.05) is 35.4 Å². The normalized spacial score (nSPS) is 10.2.